The molecule has 0 aliphatic rings. The maximum absolute atomic E-state index is 13.1. The van der Waals surface area contributed by atoms with Gasteiger partial charge in [-0.1, -0.05) is 11.6 Å². The highest BCUT2D eigenvalue weighted by molar-refractivity contribution is 9.10. The number of nitro groups is 1. The van der Waals surface area contributed by atoms with Crippen molar-refractivity contribution in [1.29, 1.82) is 0 Å². The molecule has 1 aromatic carbocycles. The SMILES string of the molecule is O=C(Oc1cc(F)ccc1[N+](=O)[O-])c1cc(Br)cnc1Cl. The summed E-state index contributed by atoms with van der Waals surface area (Å²) in [5.74, 6) is -2.27. The van der Waals surface area contributed by atoms with Gasteiger partial charge in [0.05, 0.1) is 10.5 Å². The molecule has 0 bridgehead atoms. The number of hydrogen-bond acceptors (Lipinski definition) is 5. The van der Waals surface area contributed by atoms with Gasteiger partial charge in [0.2, 0.25) is 5.75 Å². The van der Waals surface area contributed by atoms with E-state index in [1.54, 1.807) is 0 Å². The van der Waals surface area contributed by atoms with Gasteiger partial charge < -0.3 is 4.74 Å². The molecule has 21 heavy (non-hydrogen) atoms. The Bertz CT molecular complexity index is 741. The van der Waals surface area contributed by atoms with Gasteiger partial charge in [-0.25, -0.2) is 14.2 Å². The summed E-state index contributed by atoms with van der Waals surface area (Å²) in [6.45, 7) is 0. The van der Waals surface area contributed by atoms with Crippen LogP contribution in [0.15, 0.2) is 34.9 Å². The molecule has 0 unspecified atom stereocenters. The average molecular weight is 376 g/mol. The smallest absolute Gasteiger partial charge is 0.346 e. The molecule has 0 aliphatic heterocycles. The van der Waals surface area contributed by atoms with E-state index in [1.165, 1.54) is 12.3 Å². The van der Waals surface area contributed by atoms with Gasteiger partial charge in [-0.2, -0.15) is 0 Å². The molecule has 0 radical (unpaired) electrons. The third kappa shape index (κ3) is 3.53. The van der Waals surface area contributed by atoms with Crippen LogP contribution in [0.4, 0.5) is 10.1 Å². The van der Waals surface area contributed by atoms with Gasteiger partial charge in [-0.15, -0.1) is 0 Å². The predicted molar refractivity (Wildman–Crippen MR) is 75.0 cm³/mol. The Hall–Kier alpha value is -2.06. The molecule has 0 saturated carbocycles. The minimum atomic E-state index is -0.984. The molecule has 0 atom stereocenters. The maximum atomic E-state index is 13.1. The van der Waals surface area contributed by atoms with Crippen LogP contribution in [0.2, 0.25) is 5.15 Å². The Morgan fingerprint density at radius 2 is 2.14 bits per heavy atom. The van der Waals surface area contributed by atoms with Crippen LogP contribution in [0.3, 0.4) is 0 Å². The van der Waals surface area contributed by atoms with Gasteiger partial charge in [0.25, 0.3) is 0 Å². The number of carbonyl (C=O) groups is 1. The second-order valence-corrected chi connectivity index (χ2v) is 5.02. The van der Waals surface area contributed by atoms with Crippen LogP contribution >= 0.6 is 27.5 Å². The van der Waals surface area contributed by atoms with E-state index in [0.29, 0.717) is 4.47 Å². The van der Waals surface area contributed by atoms with E-state index in [1.807, 2.05) is 0 Å². The molecule has 9 heteroatoms. The van der Waals surface area contributed by atoms with Crippen molar-refractivity contribution in [2.75, 3.05) is 0 Å². The highest BCUT2D eigenvalue weighted by atomic mass is 79.9. The molecule has 0 aliphatic carbocycles. The fourth-order valence-electron chi connectivity index (χ4n) is 1.44. The number of nitro benzene ring substituents is 1. The number of rotatable bonds is 3. The maximum Gasteiger partial charge on any atom is 0.346 e. The molecule has 0 spiro atoms. The minimum Gasteiger partial charge on any atom is -0.415 e. The number of aromatic nitrogens is 1. The number of halogens is 3. The normalized spacial score (nSPS) is 10.2. The first-order valence-corrected chi connectivity index (χ1v) is 6.52. The third-order valence-corrected chi connectivity index (χ3v) is 3.08. The molecule has 1 heterocycles. The Morgan fingerprint density at radius 1 is 1.43 bits per heavy atom. The standard InChI is InChI=1S/C12H5BrClFN2O4/c13-6-3-8(11(14)16-5-6)12(18)21-10-4-7(15)1-2-9(10)17(19)20/h1-5H. The lowest BCUT2D eigenvalue weighted by atomic mass is 10.2. The van der Waals surface area contributed by atoms with Crippen LogP contribution < -0.4 is 4.74 Å². The van der Waals surface area contributed by atoms with Gasteiger partial charge >= 0.3 is 11.7 Å². The van der Waals surface area contributed by atoms with E-state index in [4.69, 9.17) is 16.3 Å². The fraction of sp³-hybridized carbons (Fsp3) is 0. The number of hydrogen-bond donors (Lipinski definition) is 0. The van der Waals surface area contributed by atoms with Crippen LogP contribution in [0.25, 0.3) is 0 Å². The first-order chi connectivity index (χ1) is 9.88. The summed E-state index contributed by atoms with van der Waals surface area (Å²) in [4.78, 5) is 25.7. The minimum absolute atomic E-state index is 0.107. The van der Waals surface area contributed by atoms with E-state index in [-0.39, 0.29) is 10.7 Å². The zero-order chi connectivity index (χ0) is 15.6. The van der Waals surface area contributed by atoms with Crippen LogP contribution in [0, 0.1) is 15.9 Å². The summed E-state index contributed by atoms with van der Waals surface area (Å²) in [5.41, 5.74) is -0.645. The van der Waals surface area contributed by atoms with Crippen molar-refractivity contribution in [1.82, 2.24) is 4.98 Å². The molecular formula is C12H5BrClFN2O4. The molecule has 6 nitrogen and oxygen atoms in total. The van der Waals surface area contributed by atoms with E-state index >= 15 is 0 Å². The van der Waals surface area contributed by atoms with E-state index < -0.39 is 28.1 Å². The monoisotopic (exact) mass is 374 g/mol. The zero-order valence-corrected chi connectivity index (χ0v) is 12.4. The molecule has 0 saturated heterocycles. The number of nitrogens with zero attached hydrogens (tertiary/aromatic N) is 2. The molecule has 108 valence electrons. The predicted octanol–water partition coefficient (Wildman–Crippen LogP) is 3.76. The summed E-state index contributed by atoms with van der Waals surface area (Å²) in [6.07, 6.45) is 1.36. The van der Waals surface area contributed by atoms with E-state index in [0.717, 1.165) is 18.2 Å². The van der Waals surface area contributed by atoms with Crippen molar-refractivity contribution in [2.45, 2.75) is 0 Å². The quantitative estimate of drug-likeness (QED) is 0.268. The van der Waals surface area contributed by atoms with Crippen molar-refractivity contribution in [3.05, 3.63) is 61.6 Å². The Kier molecular flexibility index (Phi) is 4.49. The number of benzene rings is 1. The van der Waals surface area contributed by atoms with Crippen LogP contribution in [0.1, 0.15) is 10.4 Å². The number of carbonyl (C=O) groups excluding carboxylic acids is 1. The molecular weight excluding hydrogens is 370 g/mol. The molecule has 2 aromatic rings. The fourth-order valence-corrected chi connectivity index (χ4v) is 1.95. The first kappa shape index (κ1) is 15.3. The van der Waals surface area contributed by atoms with Crippen molar-refractivity contribution in [3.8, 4) is 5.75 Å². The van der Waals surface area contributed by atoms with E-state index in [9.17, 15) is 19.3 Å². The third-order valence-electron chi connectivity index (χ3n) is 2.35. The Balaban J connectivity index is 2.38. The zero-order valence-electron chi connectivity index (χ0n) is 10.0. The molecule has 0 fully saturated rings. The summed E-state index contributed by atoms with van der Waals surface area (Å²) in [7, 11) is 0. The molecule has 1 aromatic heterocycles. The van der Waals surface area contributed by atoms with Gasteiger partial charge in [0, 0.05) is 22.8 Å². The Labute approximate surface area is 130 Å². The van der Waals surface area contributed by atoms with Crippen molar-refractivity contribution in [2.24, 2.45) is 0 Å². The van der Waals surface area contributed by atoms with Crippen molar-refractivity contribution >= 4 is 39.2 Å². The summed E-state index contributed by atoms with van der Waals surface area (Å²) in [6, 6.07) is 3.87. The van der Waals surface area contributed by atoms with Crippen LogP contribution in [-0.2, 0) is 0 Å². The second kappa shape index (κ2) is 6.15. The van der Waals surface area contributed by atoms with Gasteiger partial charge in [-0.3, -0.25) is 10.1 Å². The highest BCUT2D eigenvalue weighted by Crippen LogP contribution is 2.29. The lowest BCUT2D eigenvalue weighted by molar-refractivity contribution is -0.385. The second-order valence-electron chi connectivity index (χ2n) is 3.75. The van der Waals surface area contributed by atoms with Crippen molar-refractivity contribution < 1.29 is 18.8 Å². The van der Waals surface area contributed by atoms with Crippen LogP contribution in [0.5, 0.6) is 5.75 Å². The van der Waals surface area contributed by atoms with Crippen LogP contribution in [-0.4, -0.2) is 15.9 Å². The summed E-state index contributed by atoms with van der Waals surface area (Å²) >= 11 is 8.85. The van der Waals surface area contributed by atoms with Gasteiger partial charge in [-0.05, 0) is 28.1 Å². The number of esters is 1. The number of ether oxygens (including phenoxy) is 1. The topological polar surface area (TPSA) is 82.3 Å². The highest BCUT2D eigenvalue weighted by Gasteiger charge is 2.21. The van der Waals surface area contributed by atoms with E-state index in [2.05, 4.69) is 20.9 Å². The lowest BCUT2D eigenvalue weighted by Crippen LogP contribution is -2.11. The largest absolute Gasteiger partial charge is 0.415 e. The first-order valence-electron chi connectivity index (χ1n) is 5.35. The van der Waals surface area contributed by atoms with Crippen molar-refractivity contribution in [3.63, 3.8) is 0 Å². The van der Waals surface area contributed by atoms with Gasteiger partial charge in [0.15, 0.2) is 0 Å². The Morgan fingerprint density at radius 3 is 2.81 bits per heavy atom. The molecule has 0 amide bonds. The average Bonchev–Trinajstić information content (AvgIpc) is 2.41. The lowest BCUT2D eigenvalue weighted by Gasteiger charge is -2.06. The summed E-state index contributed by atoms with van der Waals surface area (Å²) < 4.78 is 18.5. The summed E-state index contributed by atoms with van der Waals surface area (Å²) in [5, 5.41) is 10.7. The molecule has 2 rings (SSSR count). The number of pyridine rings is 1. The van der Waals surface area contributed by atoms with Gasteiger partial charge in [0.1, 0.15) is 11.0 Å². The molecule has 0 N–H and O–H groups in total.